The number of hydrogen-bond donors (Lipinski definition) is 1. The largest absolute Gasteiger partial charge is 0.512 e. The first kappa shape index (κ1) is 6.66. The highest BCUT2D eigenvalue weighted by atomic mass is 16.3. The van der Waals surface area contributed by atoms with Gasteiger partial charge in [-0.1, -0.05) is 20.4 Å². The van der Waals surface area contributed by atoms with Gasteiger partial charge in [0.25, 0.3) is 0 Å². The van der Waals surface area contributed by atoms with Gasteiger partial charge in [-0.05, 0) is 18.8 Å². The molecular weight excluding hydrogens is 112 g/mol. The topological polar surface area (TPSA) is 20.2 Å². The minimum atomic E-state index is 0.111. The first-order valence-corrected chi connectivity index (χ1v) is 3.48. The fourth-order valence-electron chi connectivity index (χ4n) is 1.33. The Labute approximate surface area is 56.4 Å². The zero-order valence-electron chi connectivity index (χ0n) is 6.15. The van der Waals surface area contributed by atoms with Crippen LogP contribution in [0, 0.1) is 11.3 Å². The highest BCUT2D eigenvalue weighted by Crippen LogP contribution is 2.55. The van der Waals surface area contributed by atoms with Crippen molar-refractivity contribution < 1.29 is 5.11 Å². The van der Waals surface area contributed by atoms with Gasteiger partial charge in [-0.2, -0.15) is 0 Å². The Kier molecular flexibility index (Phi) is 1.30. The lowest BCUT2D eigenvalue weighted by Gasteiger charge is -2.16. The van der Waals surface area contributed by atoms with Crippen LogP contribution in [0.4, 0.5) is 0 Å². The van der Waals surface area contributed by atoms with Gasteiger partial charge < -0.3 is 5.11 Å². The summed E-state index contributed by atoms with van der Waals surface area (Å²) in [5.74, 6) is 0.938. The van der Waals surface area contributed by atoms with Gasteiger partial charge in [-0.15, -0.1) is 0 Å². The van der Waals surface area contributed by atoms with Gasteiger partial charge in [0.2, 0.25) is 0 Å². The summed E-state index contributed by atoms with van der Waals surface area (Å²) < 4.78 is 0. The van der Waals surface area contributed by atoms with Crippen LogP contribution in [-0.2, 0) is 0 Å². The van der Waals surface area contributed by atoms with Crippen molar-refractivity contribution in [3.8, 4) is 0 Å². The smallest absolute Gasteiger partial charge is 0.0915 e. The van der Waals surface area contributed by atoms with Gasteiger partial charge >= 0.3 is 0 Å². The molecule has 1 nitrogen and oxygen atoms in total. The molecule has 0 aromatic carbocycles. The number of hydrogen-bond acceptors (Lipinski definition) is 1. The van der Waals surface area contributed by atoms with Crippen LogP contribution in [0.1, 0.15) is 26.7 Å². The molecule has 1 saturated carbocycles. The van der Waals surface area contributed by atoms with E-state index in [0.717, 1.165) is 12.8 Å². The van der Waals surface area contributed by atoms with E-state index < -0.39 is 0 Å². The fourth-order valence-corrected chi connectivity index (χ4v) is 1.33. The van der Waals surface area contributed by atoms with Crippen LogP contribution >= 0.6 is 0 Å². The minimum absolute atomic E-state index is 0.111. The molecule has 9 heavy (non-hydrogen) atoms. The van der Waals surface area contributed by atoms with E-state index in [2.05, 4.69) is 20.4 Å². The molecule has 0 unspecified atom stereocenters. The van der Waals surface area contributed by atoms with E-state index in [-0.39, 0.29) is 5.41 Å². The normalized spacial score (nSPS) is 22.1. The average Bonchev–Trinajstić information content (AvgIpc) is 2.40. The fraction of sp³-hybridized carbons (Fsp3) is 0.750. The molecule has 0 saturated heterocycles. The molecule has 0 radical (unpaired) electrons. The van der Waals surface area contributed by atoms with E-state index in [4.69, 9.17) is 5.11 Å². The third kappa shape index (κ3) is 0.846. The summed E-state index contributed by atoms with van der Waals surface area (Å²) in [6.07, 6.45) is 2.25. The summed E-state index contributed by atoms with van der Waals surface area (Å²) in [6.45, 7) is 7.83. The van der Waals surface area contributed by atoms with E-state index >= 15 is 0 Å². The SMILES string of the molecule is C=C(O)C1(C(C)C)CC1. The maximum atomic E-state index is 9.12. The molecule has 1 aliphatic carbocycles. The van der Waals surface area contributed by atoms with E-state index in [1.807, 2.05) is 0 Å². The van der Waals surface area contributed by atoms with Crippen LogP contribution in [0.5, 0.6) is 0 Å². The van der Waals surface area contributed by atoms with Gasteiger partial charge in [-0.3, -0.25) is 0 Å². The maximum Gasteiger partial charge on any atom is 0.0915 e. The maximum absolute atomic E-state index is 9.12. The summed E-state index contributed by atoms with van der Waals surface area (Å²) in [5, 5.41) is 9.12. The van der Waals surface area contributed by atoms with Gasteiger partial charge in [0.05, 0.1) is 5.76 Å². The van der Waals surface area contributed by atoms with Crippen molar-refractivity contribution in [1.82, 2.24) is 0 Å². The number of aliphatic hydroxyl groups is 1. The summed E-state index contributed by atoms with van der Waals surface area (Å²) in [5.41, 5.74) is 0.111. The number of aliphatic hydroxyl groups excluding tert-OH is 1. The number of allylic oxidation sites excluding steroid dienone is 1. The zero-order chi connectivity index (χ0) is 7.07. The molecule has 1 rings (SSSR count). The monoisotopic (exact) mass is 126 g/mol. The molecule has 0 amide bonds. The molecule has 52 valence electrons. The van der Waals surface area contributed by atoms with Crippen LogP contribution in [0.2, 0.25) is 0 Å². The van der Waals surface area contributed by atoms with Crippen molar-refractivity contribution in [1.29, 1.82) is 0 Å². The number of rotatable bonds is 2. The standard InChI is InChI=1S/C8H14O/c1-6(2)8(4-5-8)7(3)9/h6,9H,3-5H2,1-2H3. The Hall–Kier alpha value is -0.460. The highest BCUT2D eigenvalue weighted by molar-refractivity contribution is 5.13. The van der Waals surface area contributed by atoms with E-state index in [0.29, 0.717) is 11.7 Å². The summed E-state index contributed by atoms with van der Waals surface area (Å²) in [7, 11) is 0. The van der Waals surface area contributed by atoms with Crippen LogP contribution in [0.15, 0.2) is 12.3 Å². The van der Waals surface area contributed by atoms with Gasteiger partial charge in [0, 0.05) is 5.41 Å². The molecule has 0 heterocycles. The van der Waals surface area contributed by atoms with E-state index in [1.165, 1.54) is 0 Å². The Morgan fingerprint density at radius 2 is 2.00 bits per heavy atom. The molecule has 0 bridgehead atoms. The molecule has 0 aromatic heterocycles. The van der Waals surface area contributed by atoms with Gasteiger partial charge in [0.15, 0.2) is 0 Å². The van der Waals surface area contributed by atoms with Crippen molar-refractivity contribution >= 4 is 0 Å². The van der Waals surface area contributed by atoms with Gasteiger partial charge in [-0.25, -0.2) is 0 Å². The second-order valence-corrected chi connectivity index (χ2v) is 3.26. The lowest BCUT2D eigenvalue weighted by atomic mass is 9.91. The van der Waals surface area contributed by atoms with Crippen molar-refractivity contribution in [3.05, 3.63) is 12.3 Å². The zero-order valence-corrected chi connectivity index (χ0v) is 6.15. The molecular formula is C8H14O. The molecule has 0 atom stereocenters. The third-order valence-electron chi connectivity index (χ3n) is 2.47. The molecule has 1 N–H and O–H groups in total. The Balaban J connectivity index is 2.63. The van der Waals surface area contributed by atoms with Crippen molar-refractivity contribution in [2.45, 2.75) is 26.7 Å². The predicted octanol–water partition coefficient (Wildman–Crippen LogP) is 2.49. The second-order valence-electron chi connectivity index (χ2n) is 3.26. The molecule has 1 fully saturated rings. The van der Waals surface area contributed by atoms with E-state index in [9.17, 15) is 0 Å². The lowest BCUT2D eigenvalue weighted by molar-refractivity contribution is 0.266. The first-order valence-electron chi connectivity index (χ1n) is 3.48. The van der Waals surface area contributed by atoms with Crippen LogP contribution in [0.3, 0.4) is 0 Å². The van der Waals surface area contributed by atoms with Crippen LogP contribution < -0.4 is 0 Å². The minimum Gasteiger partial charge on any atom is -0.512 e. The molecule has 1 heteroatoms. The first-order chi connectivity index (χ1) is 4.09. The lowest BCUT2D eigenvalue weighted by Crippen LogP contribution is -2.11. The molecule has 0 aromatic rings. The third-order valence-corrected chi connectivity index (χ3v) is 2.47. The van der Waals surface area contributed by atoms with Crippen molar-refractivity contribution in [3.63, 3.8) is 0 Å². The predicted molar refractivity (Wildman–Crippen MR) is 38.3 cm³/mol. The average molecular weight is 126 g/mol. The Bertz CT molecular complexity index is 132. The highest BCUT2D eigenvalue weighted by Gasteiger charge is 2.48. The van der Waals surface area contributed by atoms with Crippen LogP contribution in [-0.4, -0.2) is 5.11 Å². The van der Waals surface area contributed by atoms with Crippen LogP contribution in [0.25, 0.3) is 0 Å². The summed E-state index contributed by atoms with van der Waals surface area (Å²) >= 11 is 0. The quantitative estimate of drug-likeness (QED) is 0.563. The van der Waals surface area contributed by atoms with Crippen molar-refractivity contribution in [2.75, 3.05) is 0 Å². The molecule has 0 spiro atoms. The summed E-state index contributed by atoms with van der Waals surface area (Å²) in [4.78, 5) is 0. The molecule has 0 aliphatic heterocycles. The second kappa shape index (κ2) is 1.76. The van der Waals surface area contributed by atoms with Gasteiger partial charge in [0.1, 0.15) is 0 Å². The Morgan fingerprint density at radius 1 is 1.56 bits per heavy atom. The Morgan fingerprint density at radius 3 is 2.00 bits per heavy atom. The van der Waals surface area contributed by atoms with E-state index in [1.54, 1.807) is 0 Å². The molecule has 1 aliphatic rings. The summed E-state index contributed by atoms with van der Waals surface area (Å²) in [6, 6.07) is 0. The van der Waals surface area contributed by atoms with Crippen molar-refractivity contribution in [2.24, 2.45) is 11.3 Å².